The van der Waals surface area contributed by atoms with Crippen LogP contribution in [0.4, 0.5) is 21.9 Å². The molecule has 3 aromatic rings. The van der Waals surface area contributed by atoms with Crippen LogP contribution in [0, 0.1) is 11.3 Å². The number of urea groups is 1. The van der Waals surface area contributed by atoms with Gasteiger partial charge in [-0.2, -0.15) is 5.26 Å². The summed E-state index contributed by atoms with van der Waals surface area (Å²) in [6.07, 6.45) is 0. The molecule has 0 aromatic heterocycles. The van der Waals surface area contributed by atoms with E-state index in [4.69, 9.17) is 5.26 Å². The third kappa shape index (κ3) is 6.42. The van der Waals surface area contributed by atoms with Crippen LogP contribution in [-0.4, -0.2) is 38.0 Å². The molecule has 166 valence electrons. The van der Waals surface area contributed by atoms with Crippen molar-refractivity contribution in [2.75, 3.05) is 35.3 Å². The summed E-state index contributed by atoms with van der Waals surface area (Å²) in [6.45, 7) is -0.511. The molecule has 0 aliphatic carbocycles. The van der Waals surface area contributed by atoms with E-state index in [-0.39, 0.29) is 19.0 Å². The molecule has 8 nitrogen and oxygen atoms in total. The number of carbonyl (C=O) groups excluding carboxylic acids is 3. The lowest BCUT2D eigenvalue weighted by Crippen LogP contribution is -2.46. The zero-order valence-corrected chi connectivity index (χ0v) is 18.1. The Kier molecular flexibility index (Phi) is 7.76. The molecule has 0 saturated carbocycles. The molecular formula is C25H23N5O3. The van der Waals surface area contributed by atoms with Gasteiger partial charge in [-0.3, -0.25) is 9.59 Å². The lowest BCUT2D eigenvalue weighted by Gasteiger charge is -2.25. The maximum absolute atomic E-state index is 13.0. The molecule has 0 bridgehead atoms. The van der Waals surface area contributed by atoms with E-state index in [1.807, 2.05) is 30.3 Å². The van der Waals surface area contributed by atoms with Crippen LogP contribution in [0.25, 0.3) is 0 Å². The van der Waals surface area contributed by atoms with E-state index in [1.54, 1.807) is 61.6 Å². The maximum Gasteiger partial charge on any atom is 0.319 e. The first kappa shape index (κ1) is 23.0. The monoisotopic (exact) mass is 441 g/mol. The molecular weight excluding hydrogens is 418 g/mol. The molecule has 0 saturated heterocycles. The molecule has 8 heteroatoms. The van der Waals surface area contributed by atoms with Crippen molar-refractivity contribution in [1.82, 2.24) is 5.32 Å². The number of amides is 4. The van der Waals surface area contributed by atoms with Crippen molar-refractivity contribution in [1.29, 1.82) is 5.26 Å². The summed E-state index contributed by atoms with van der Waals surface area (Å²) in [5.41, 5.74) is 2.08. The Labute approximate surface area is 192 Å². The fourth-order valence-corrected chi connectivity index (χ4v) is 3.06. The average molecular weight is 441 g/mol. The number of hydrogen-bond acceptors (Lipinski definition) is 4. The minimum Gasteiger partial charge on any atom is -0.329 e. The summed E-state index contributed by atoms with van der Waals surface area (Å²) in [5.74, 6) is -0.729. The zero-order chi connectivity index (χ0) is 23.6. The number of carbonyl (C=O) groups is 3. The molecule has 0 spiro atoms. The summed E-state index contributed by atoms with van der Waals surface area (Å²) >= 11 is 0. The zero-order valence-electron chi connectivity index (χ0n) is 18.1. The van der Waals surface area contributed by atoms with Crippen LogP contribution in [0.2, 0.25) is 0 Å². The van der Waals surface area contributed by atoms with E-state index in [0.29, 0.717) is 22.6 Å². The molecule has 4 amide bonds. The Hall–Kier alpha value is -4.64. The largest absolute Gasteiger partial charge is 0.329 e. The topological polar surface area (TPSA) is 106 Å². The van der Waals surface area contributed by atoms with Crippen LogP contribution in [0.15, 0.2) is 84.9 Å². The van der Waals surface area contributed by atoms with E-state index < -0.39 is 11.9 Å². The summed E-state index contributed by atoms with van der Waals surface area (Å²) in [5, 5.41) is 14.1. The van der Waals surface area contributed by atoms with Crippen LogP contribution in [0.5, 0.6) is 0 Å². The highest BCUT2D eigenvalue weighted by Gasteiger charge is 2.22. The van der Waals surface area contributed by atoms with Gasteiger partial charge in [-0.15, -0.1) is 0 Å². The van der Waals surface area contributed by atoms with Gasteiger partial charge >= 0.3 is 6.03 Å². The summed E-state index contributed by atoms with van der Waals surface area (Å²) < 4.78 is 0. The van der Waals surface area contributed by atoms with Gasteiger partial charge in [-0.1, -0.05) is 42.5 Å². The predicted molar refractivity (Wildman–Crippen MR) is 127 cm³/mol. The van der Waals surface area contributed by atoms with Gasteiger partial charge in [0.25, 0.3) is 0 Å². The molecule has 2 N–H and O–H groups in total. The minimum absolute atomic E-state index is 0.193. The van der Waals surface area contributed by atoms with Crippen LogP contribution < -0.4 is 20.4 Å². The van der Waals surface area contributed by atoms with Crippen molar-refractivity contribution in [2.24, 2.45) is 0 Å². The average Bonchev–Trinajstić information content (AvgIpc) is 2.86. The fraction of sp³-hybridized carbons (Fsp3) is 0.120. The number of para-hydroxylation sites is 2. The summed E-state index contributed by atoms with van der Waals surface area (Å²) in [4.78, 5) is 40.9. The van der Waals surface area contributed by atoms with Gasteiger partial charge in [0.05, 0.1) is 18.2 Å². The predicted octanol–water partition coefficient (Wildman–Crippen LogP) is 3.38. The Bertz CT molecular complexity index is 1160. The van der Waals surface area contributed by atoms with Crippen LogP contribution in [0.3, 0.4) is 0 Å². The Morgan fingerprint density at radius 3 is 2.12 bits per heavy atom. The molecule has 33 heavy (non-hydrogen) atoms. The van der Waals surface area contributed by atoms with E-state index >= 15 is 0 Å². The quantitative estimate of drug-likeness (QED) is 0.586. The molecule has 0 aliphatic heterocycles. The molecule has 0 fully saturated rings. The number of benzene rings is 3. The number of nitrogens with one attached hydrogen (secondary N) is 2. The van der Waals surface area contributed by atoms with E-state index in [9.17, 15) is 14.4 Å². The molecule has 0 atom stereocenters. The highest BCUT2D eigenvalue weighted by molar-refractivity contribution is 6.05. The van der Waals surface area contributed by atoms with E-state index in [2.05, 4.69) is 10.6 Å². The lowest BCUT2D eigenvalue weighted by atomic mass is 10.2. The highest BCUT2D eigenvalue weighted by Crippen LogP contribution is 2.16. The second kappa shape index (κ2) is 11.1. The van der Waals surface area contributed by atoms with Gasteiger partial charge in [0.2, 0.25) is 11.8 Å². The van der Waals surface area contributed by atoms with Crippen LogP contribution in [0.1, 0.15) is 5.56 Å². The number of rotatable bonds is 7. The number of nitrogens with zero attached hydrogens (tertiary/aromatic N) is 3. The van der Waals surface area contributed by atoms with Gasteiger partial charge in [0.15, 0.2) is 0 Å². The molecule has 0 aliphatic rings. The Morgan fingerprint density at radius 2 is 1.48 bits per heavy atom. The fourth-order valence-electron chi connectivity index (χ4n) is 3.06. The van der Waals surface area contributed by atoms with Crippen LogP contribution in [-0.2, 0) is 9.59 Å². The first-order chi connectivity index (χ1) is 16.0. The molecule has 3 rings (SSSR count). The Morgan fingerprint density at radius 1 is 0.848 bits per heavy atom. The molecule has 3 aromatic carbocycles. The van der Waals surface area contributed by atoms with Crippen molar-refractivity contribution in [3.05, 3.63) is 90.5 Å². The third-order valence-corrected chi connectivity index (χ3v) is 4.83. The number of likely N-dealkylation sites (N-methyl/N-ethyl adjacent to an activating group) is 1. The van der Waals surface area contributed by atoms with Crippen molar-refractivity contribution >= 4 is 34.9 Å². The minimum atomic E-state index is -0.598. The van der Waals surface area contributed by atoms with Gasteiger partial charge in [-0.25, -0.2) is 4.79 Å². The smallest absolute Gasteiger partial charge is 0.319 e. The van der Waals surface area contributed by atoms with Crippen molar-refractivity contribution in [3.63, 3.8) is 0 Å². The second-order valence-corrected chi connectivity index (χ2v) is 7.10. The van der Waals surface area contributed by atoms with Crippen molar-refractivity contribution < 1.29 is 14.4 Å². The van der Waals surface area contributed by atoms with Crippen molar-refractivity contribution in [2.45, 2.75) is 0 Å². The first-order valence-electron chi connectivity index (χ1n) is 10.2. The molecule has 0 heterocycles. The van der Waals surface area contributed by atoms with Gasteiger partial charge in [0.1, 0.15) is 6.54 Å². The number of anilines is 3. The SMILES string of the molecule is CN(C(=O)CN(C(=O)CNC(=O)Nc1cccc(C#N)c1)c1ccccc1)c1ccccc1. The van der Waals surface area contributed by atoms with Gasteiger partial charge in [-0.05, 0) is 42.5 Å². The maximum atomic E-state index is 13.0. The number of nitriles is 1. The van der Waals surface area contributed by atoms with E-state index in [0.717, 1.165) is 0 Å². The number of hydrogen-bond donors (Lipinski definition) is 2. The molecule has 0 radical (unpaired) electrons. The van der Waals surface area contributed by atoms with Gasteiger partial charge in [0, 0.05) is 24.1 Å². The normalized spacial score (nSPS) is 9.94. The second-order valence-electron chi connectivity index (χ2n) is 7.10. The lowest BCUT2D eigenvalue weighted by molar-refractivity contribution is -0.121. The first-order valence-corrected chi connectivity index (χ1v) is 10.2. The highest BCUT2D eigenvalue weighted by atomic mass is 16.2. The standard InChI is InChI=1S/C25H23N5O3/c1-29(21-11-4-2-5-12-21)24(32)18-30(22-13-6-3-7-14-22)23(31)17-27-25(33)28-20-10-8-9-19(15-20)16-26/h2-15H,17-18H2,1H3,(H2,27,28,33). The Balaban J connectivity index is 1.66. The van der Waals surface area contributed by atoms with Gasteiger partial charge < -0.3 is 20.4 Å². The van der Waals surface area contributed by atoms with Crippen LogP contribution >= 0.6 is 0 Å². The summed E-state index contributed by atoms with van der Waals surface area (Å²) in [7, 11) is 1.65. The molecule has 0 unspecified atom stereocenters. The third-order valence-electron chi connectivity index (χ3n) is 4.83. The van der Waals surface area contributed by atoms with Crippen molar-refractivity contribution in [3.8, 4) is 6.07 Å². The van der Waals surface area contributed by atoms with E-state index in [1.165, 1.54) is 15.9 Å². The summed E-state index contributed by atoms with van der Waals surface area (Å²) in [6, 6.07) is 25.7.